The molecule has 0 saturated carbocycles. The molecule has 0 aromatic carbocycles. The Labute approximate surface area is 84.7 Å². The minimum Gasteiger partial charge on any atom is -0.317 e. The van der Waals surface area contributed by atoms with Gasteiger partial charge in [-0.15, -0.1) is 10.2 Å². The quantitative estimate of drug-likeness (QED) is 0.781. The minimum absolute atomic E-state index is 0.566. The van der Waals surface area contributed by atoms with Crippen LogP contribution < -0.4 is 5.32 Å². The Morgan fingerprint density at radius 2 is 2.50 bits per heavy atom. The molecule has 4 heteroatoms. The fourth-order valence-electron chi connectivity index (χ4n) is 1.99. The lowest BCUT2D eigenvalue weighted by atomic mass is 10.1. The van der Waals surface area contributed by atoms with Crippen molar-refractivity contribution in [1.82, 2.24) is 20.1 Å². The van der Waals surface area contributed by atoms with E-state index in [0.717, 1.165) is 25.5 Å². The van der Waals surface area contributed by atoms with Crippen LogP contribution in [0.25, 0.3) is 0 Å². The summed E-state index contributed by atoms with van der Waals surface area (Å²) in [5, 5.41) is 11.6. The van der Waals surface area contributed by atoms with Crippen molar-refractivity contribution in [2.75, 3.05) is 13.1 Å². The lowest BCUT2D eigenvalue weighted by molar-refractivity contribution is 0.492. The standard InChI is InChI=1S/C10H18N4/c1-8(2)6-14-7-12-13-10(14)9-3-4-11-5-9/h7-9,11H,3-6H2,1-2H3. The predicted molar refractivity (Wildman–Crippen MR) is 55.1 cm³/mol. The van der Waals surface area contributed by atoms with Crippen LogP contribution in [-0.4, -0.2) is 27.9 Å². The molecule has 1 N–H and O–H groups in total. The number of rotatable bonds is 3. The van der Waals surface area contributed by atoms with Gasteiger partial charge in [0, 0.05) is 19.0 Å². The van der Waals surface area contributed by atoms with Crippen LogP contribution in [0, 0.1) is 5.92 Å². The second-order valence-corrected chi connectivity index (χ2v) is 4.43. The van der Waals surface area contributed by atoms with Crippen LogP contribution in [0.5, 0.6) is 0 Å². The highest BCUT2D eigenvalue weighted by Gasteiger charge is 2.21. The van der Waals surface area contributed by atoms with E-state index in [2.05, 4.69) is 33.9 Å². The summed E-state index contributed by atoms with van der Waals surface area (Å²) < 4.78 is 2.20. The largest absolute Gasteiger partial charge is 0.317 e. The first kappa shape index (κ1) is 9.65. The Balaban J connectivity index is 2.12. The molecular formula is C10H18N4. The van der Waals surface area contributed by atoms with Crippen molar-refractivity contribution < 1.29 is 0 Å². The molecule has 0 aliphatic carbocycles. The van der Waals surface area contributed by atoms with Gasteiger partial charge in [0.05, 0.1) is 0 Å². The van der Waals surface area contributed by atoms with Crippen molar-refractivity contribution in [2.24, 2.45) is 5.92 Å². The molecule has 0 radical (unpaired) electrons. The van der Waals surface area contributed by atoms with Gasteiger partial charge in [-0.3, -0.25) is 0 Å². The Kier molecular flexibility index (Phi) is 2.82. The second kappa shape index (κ2) is 4.09. The van der Waals surface area contributed by atoms with E-state index in [1.165, 1.54) is 6.42 Å². The fraction of sp³-hybridized carbons (Fsp3) is 0.800. The number of nitrogens with zero attached hydrogens (tertiary/aromatic N) is 3. The van der Waals surface area contributed by atoms with E-state index < -0.39 is 0 Å². The lowest BCUT2D eigenvalue weighted by Gasteiger charge is -2.12. The number of hydrogen-bond acceptors (Lipinski definition) is 3. The first-order valence-electron chi connectivity index (χ1n) is 5.36. The highest BCUT2D eigenvalue weighted by atomic mass is 15.3. The molecule has 1 aliphatic rings. The van der Waals surface area contributed by atoms with Gasteiger partial charge in [0.2, 0.25) is 0 Å². The smallest absolute Gasteiger partial charge is 0.137 e. The zero-order valence-electron chi connectivity index (χ0n) is 8.90. The van der Waals surface area contributed by atoms with Gasteiger partial charge >= 0.3 is 0 Å². The zero-order valence-corrected chi connectivity index (χ0v) is 8.90. The van der Waals surface area contributed by atoms with E-state index in [4.69, 9.17) is 0 Å². The van der Waals surface area contributed by atoms with Crippen molar-refractivity contribution in [3.05, 3.63) is 12.2 Å². The van der Waals surface area contributed by atoms with Gasteiger partial charge in [0.15, 0.2) is 0 Å². The Morgan fingerprint density at radius 3 is 3.14 bits per heavy atom. The van der Waals surface area contributed by atoms with E-state index in [-0.39, 0.29) is 0 Å². The predicted octanol–water partition coefficient (Wildman–Crippen LogP) is 1.01. The summed E-state index contributed by atoms with van der Waals surface area (Å²) in [7, 11) is 0. The van der Waals surface area contributed by atoms with E-state index in [0.29, 0.717) is 11.8 Å². The molecule has 14 heavy (non-hydrogen) atoms. The lowest BCUT2D eigenvalue weighted by Crippen LogP contribution is -2.14. The van der Waals surface area contributed by atoms with Gasteiger partial charge < -0.3 is 9.88 Å². The first-order chi connectivity index (χ1) is 6.77. The molecule has 1 saturated heterocycles. The van der Waals surface area contributed by atoms with Gasteiger partial charge in [-0.1, -0.05) is 13.8 Å². The molecule has 1 unspecified atom stereocenters. The summed E-state index contributed by atoms with van der Waals surface area (Å²) in [6.07, 6.45) is 3.05. The number of aromatic nitrogens is 3. The molecule has 1 atom stereocenters. The number of nitrogens with one attached hydrogen (secondary N) is 1. The van der Waals surface area contributed by atoms with Crippen LogP contribution >= 0.6 is 0 Å². The molecule has 78 valence electrons. The molecule has 0 spiro atoms. The zero-order chi connectivity index (χ0) is 9.97. The normalized spacial score (nSPS) is 22.1. The van der Waals surface area contributed by atoms with Gasteiger partial charge in [0.1, 0.15) is 12.2 Å². The molecule has 1 aromatic rings. The van der Waals surface area contributed by atoms with Crippen LogP contribution in [0.2, 0.25) is 0 Å². The maximum atomic E-state index is 4.22. The van der Waals surface area contributed by atoms with Crippen LogP contribution in [0.3, 0.4) is 0 Å². The van der Waals surface area contributed by atoms with E-state index in [1.807, 2.05) is 6.33 Å². The van der Waals surface area contributed by atoms with Gasteiger partial charge in [-0.25, -0.2) is 0 Å². The van der Waals surface area contributed by atoms with Crippen molar-refractivity contribution in [1.29, 1.82) is 0 Å². The van der Waals surface area contributed by atoms with Crippen molar-refractivity contribution in [3.63, 3.8) is 0 Å². The van der Waals surface area contributed by atoms with E-state index >= 15 is 0 Å². The van der Waals surface area contributed by atoms with Crippen LogP contribution in [-0.2, 0) is 6.54 Å². The first-order valence-corrected chi connectivity index (χ1v) is 5.36. The number of hydrogen-bond donors (Lipinski definition) is 1. The SMILES string of the molecule is CC(C)Cn1cnnc1C1CCNC1. The molecule has 1 aromatic heterocycles. The third-order valence-electron chi connectivity index (χ3n) is 2.63. The summed E-state index contributed by atoms with van der Waals surface area (Å²) in [5.74, 6) is 2.37. The van der Waals surface area contributed by atoms with E-state index in [1.54, 1.807) is 0 Å². The van der Waals surface area contributed by atoms with Gasteiger partial charge in [-0.2, -0.15) is 0 Å². The van der Waals surface area contributed by atoms with Gasteiger partial charge in [-0.05, 0) is 18.9 Å². The molecule has 4 nitrogen and oxygen atoms in total. The van der Waals surface area contributed by atoms with Crippen molar-refractivity contribution >= 4 is 0 Å². The molecular weight excluding hydrogens is 176 g/mol. The molecule has 0 bridgehead atoms. The monoisotopic (exact) mass is 194 g/mol. The average molecular weight is 194 g/mol. The third-order valence-corrected chi connectivity index (χ3v) is 2.63. The molecule has 1 aliphatic heterocycles. The Morgan fingerprint density at radius 1 is 1.64 bits per heavy atom. The van der Waals surface area contributed by atoms with Crippen molar-refractivity contribution in [2.45, 2.75) is 32.7 Å². The third kappa shape index (κ3) is 1.95. The van der Waals surface area contributed by atoms with Crippen LogP contribution in [0.4, 0.5) is 0 Å². The summed E-state index contributed by atoms with van der Waals surface area (Å²) in [4.78, 5) is 0. The molecule has 2 heterocycles. The average Bonchev–Trinajstić information content (AvgIpc) is 2.70. The van der Waals surface area contributed by atoms with Gasteiger partial charge in [0.25, 0.3) is 0 Å². The Bertz CT molecular complexity index is 286. The molecule has 1 fully saturated rings. The summed E-state index contributed by atoms with van der Waals surface area (Å²) >= 11 is 0. The van der Waals surface area contributed by atoms with Crippen LogP contribution in [0.15, 0.2) is 6.33 Å². The molecule has 2 rings (SSSR count). The van der Waals surface area contributed by atoms with Crippen molar-refractivity contribution in [3.8, 4) is 0 Å². The highest BCUT2D eigenvalue weighted by molar-refractivity contribution is 5.00. The van der Waals surface area contributed by atoms with E-state index in [9.17, 15) is 0 Å². The molecule has 0 amide bonds. The van der Waals surface area contributed by atoms with Crippen LogP contribution in [0.1, 0.15) is 32.0 Å². The summed E-state index contributed by atoms with van der Waals surface area (Å²) in [6, 6.07) is 0. The summed E-state index contributed by atoms with van der Waals surface area (Å²) in [5.41, 5.74) is 0. The fourth-order valence-corrected chi connectivity index (χ4v) is 1.99. The minimum atomic E-state index is 0.566. The maximum absolute atomic E-state index is 4.22. The Hall–Kier alpha value is -0.900. The highest BCUT2D eigenvalue weighted by Crippen LogP contribution is 2.20. The topological polar surface area (TPSA) is 42.7 Å². The summed E-state index contributed by atoms with van der Waals surface area (Å²) in [6.45, 7) is 7.63. The maximum Gasteiger partial charge on any atom is 0.137 e. The second-order valence-electron chi connectivity index (χ2n) is 4.43.